The fraction of sp³-hybridized carbons (Fsp3) is 0.933. The van der Waals surface area contributed by atoms with E-state index in [0.717, 1.165) is 32.5 Å². The molecule has 0 saturated carbocycles. The molecule has 0 amide bonds. The van der Waals surface area contributed by atoms with Gasteiger partial charge in [-0.25, -0.2) is 8.42 Å². The molecular weight excluding hydrogens is 304 g/mol. The fourth-order valence-corrected chi connectivity index (χ4v) is 5.64. The van der Waals surface area contributed by atoms with Crippen LogP contribution in [0.5, 0.6) is 0 Å². The first-order valence-electron chi connectivity index (χ1n) is 8.19. The minimum atomic E-state index is -3.01. The molecule has 0 unspecified atom stereocenters. The lowest BCUT2D eigenvalue weighted by molar-refractivity contribution is -0.137. The highest BCUT2D eigenvalue weighted by Gasteiger charge is 2.46. The van der Waals surface area contributed by atoms with E-state index in [1.165, 1.54) is 0 Å². The lowest BCUT2D eigenvalue weighted by Gasteiger charge is -2.44. The second-order valence-electron chi connectivity index (χ2n) is 6.96. The summed E-state index contributed by atoms with van der Waals surface area (Å²) in [4.78, 5) is 15.2. The number of nitrogens with zero attached hydrogens (tertiary/aromatic N) is 2. The Kier molecular flexibility index (Phi) is 5.85. The third-order valence-electron chi connectivity index (χ3n) is 4.75. The van der Waals surface area contributed by atoms with Crippen molar-refractivity contribution in [2.75, 3.05) is 37.7 Å². The highest BCUT2D eigenvalue weighted by molar-refractivity contribution is 7.91. The zero-order valence-electron chi connectivity index (χ0n) is 13.6. The van der Waals surface area contributed by atoms with E-state index in [4.69, 9.17) is 5.11 Å². The third-order valence-corrected chi connectivity index (χ3v) is 6.44. The van der Waals surface area contributed by atoms with E-state index in [9.17, 15) is 13.2 Å². The fourth-order valence-electron chi connectivity index (χ4n) is 3.59. The molecule has 2 aliphatic rings. The SMILES string of the molecule is CC(C)CCCN1CCN(CCC(=O)O)[C@@H]2CS(=O)(=O)C[C@@H]21. The molecule has 0 bridgehead atoms. The predicted molar refractivity (Wildman–Crippen MR) is 85.7 cm³/mol. The number of carboxylic acids is 1. The molecular formula is C15H28N2O4S. The van der Waals surface area contributed by atoms with Crippen LogP contribution in [0.4, 0.5) is 0 Å². The molecule has 2 aliphatic heterocycles. The highest BCUT2D eigenvalue weighted by atomic mass is 32.2. The number of sulfone groups is 1. The van der Waals surface area contributed by atoms with Crippen molar-refractivity contribution in [2.45, 2.75) is 45.2 Å². The monoisotopic (exact) mass is 332 g/mol. The van der Waals surface area contributed by atoms with Gasteiger partial charge in [0.1, 0.15) is 0 Å². The normalized spacial score (nSPS) is 28.9. The summed E-state index contributed by atoms with van der Waals surface area (Å²) in [7, 11) is -3.01. The van der Waals surface area contributed by atoms with Crippen molar-refractivity contribution in [1.82, 2.24) is 9.80 Å². The van der Waals surface area contributed by atoms with E-state index in [1.54, 1.807) is 0 Å². The maximum absolute atomic E-state index is 12.0. The summed E-state index contributed by atoms with van der Waals surface area (Å²) in [6.07, 6.45) is 2.33. The maximum Gasteiger partial charge on any atom is 0.304 e. The van der Waals surface area contributed by atoms with Gasteiger partial charge in [0, 0.05) is 31.7 Å². The largest absolute Gasteiger partial charge is 0.481 e. The number of piperazine rings is 1. The summed E-state index contributed by atoms with van der Waals surface area (Å²) < 4.78 is 24.1. The lowest BCUT2D eigenvalue weighted by Crippen LogP contribution is -2.59. The lowest BCUT2D eigenvalue weighted by atomic mass is 10.0. The van der Waals surface area contributed by atoms with Gasteiger partial charge in [-0.3, -0.25) is 14.6 Å². The highest BCUT2D eigenvalue weighted by Crippen LogP contribution is 2.27. The number of carboxylic acid groups (broad SMARTS) is 1. The number of hydrogen-bond acceptors (Lipinski definition) is 5. The summed E-state index contributed by atoms with van der Waals surface area (Å²) in [5.74, 6) is 0.248. The first-order valence-corrected chi connectivity index (χ1v) is 10.0. The Morgan fingerprint density at radius 1 is 1.14 bits per heavy atom. The Morgan fingerprint density at radius 2 is 1.68 bits per heavy atom. The van der Waals surface area contributed by atoms with Crippen molar-refractivity contribution in [2.24, 2.45) is 5.92 Å². The van der Waals surface area contributed by atoms with Crippen LogP contribution in [0.3, 0.4) is 0 Å². The zero-order valence-corrected chi connectivity index (χ0v) is 14.4. The molecule has 0 aromatic heterocycles. The number of fused-ring (bicyclic) bond motifs is 1. The molecule has 0 aromatic carbocycles. The summed E-state index contributed by atoms with van der Waals surface area (Å²) in [5, 5.41) is 8.85. The van der Waals surface area contributed by atoms with Gasteiger partial charge in [-0.2, -0.15) is 0 Å². The minimum Gasteiger partial charge on any atom is -0.481 e. The van der Waals surface area contributed by atoms with Crippen LogP contribution in [0.2, 0.25) is 0 Å². The van der Waals surface area contributed by atoms with Crippen LogP contribution in [0.15, 0.2) is 0 Å². The van der Waals surface area contributed by atoms with E-state index >= 15 is 0 Å². The summed E-state index contributed by atoms with van der Waals surface area (Å²) in [6.45, 7) is 7.41. The topological polar surface area (TPSA) is 77.9 Å². The van der Waals surface area contributed by atoms with Crippen molar-refractivity contribution in [3.05, 3.63) is 0 Å². The van der Waals surface area contributed by atoms with Crippen LogP contribution < -0.4 is 0 Å². The summed E-state index contributed by atoms with van der Waals surface area (Å²) in [5.41, 5.74) is 0. The maximum atomic E-state index is 12.0. The van der Waals surface area contributed by atoms with Gasteiger partial charge in [0.2, 0.25) is 0 Å². The van der Waals surface area contributed by atoms with E-state index in [2.05, 4.69) is 23.6 Å². The molecule has 1 N–H and O–H groups in total. The smallest absolute Gasteiger partial charge is 0.304 e. The molecule has 2 fully saturated rings. The van der Waals surface area contributed by atoms with E-state index in [1.807, 2.05) is 0 Å². The molecule has 6 nitrogen and oxygen atoms in total. The van der Waals surface area contributed by atoms with Crippen LogP contribution in [0.25, 0.3) is 0 Å². The Balaban J connectivity index is 1.99. The number of rotatable bonds is 7. The van der Waals surface area contributed by atoms with E-state index < -0.39 is 15.8 Å². The van der Waals surface area contributed by atoms with Gasteiger partial charge in [0.05, 0.1) is 17.9 Å². The molecule has 22 heavy (non-hydrogen) atoms. The van der Waals surface area contributed by atoms with Gasteiger partial charge < -0.3 is 5.11 Å². The Bertz CT molecular complexity index is 492. The standard InChI is InChI=1S/C15H28N2O4S/c1-12(2)4-3-6-16-8-9-17(7-5-15(18)19)14-11-22(20,21)10-13(14)16/h12-14H,3-11H2,1-2H3,(H,18,19)/t13-,14+/m0/s1. The second-order valence-corrected chi connectivity index (χ2v) is 9.12. The average Bonchev–Trinajstić information content (AvgIpc) is 2.72. The van der Waals surface area contributed by atoms with Crippen LogP contribution >= 0.6 is 0 Å². The molecule has 0 aromatic rings. The van der Waals surface area contributed by atoms with Gasteiger partial charge in [0.25, 0.3) is 0 Å². The molecule has 128 valence electrons. The molecule has 2 atom stereocenters. The molecule has 7 heteroatoms. The second kappa shape index (κ2) is 7.27. The number of carbonyl (C=O) groups is 1. The van der Waals surface area contributed by atoms with Crippen molar-refractivity contribution in [3.63, 3.8) is 0 Å². The first kappa shape index (κ1) is 17.7. The van der Waals surface area contributed by atoms with Crippen LogP contribution in [0, 0.1) is 5.92 Å². The van der Waals surface area contributed by atoms with Crippen LogP contribution in [0.1, 0.15) is 33.1 Å². The van der Waals surface area contributed by atoms with Gasteiger partial charge >= 0.3 is 5.97 Å². The molecule has 0 radical (unpaired) electrons. The Hall–Kier alpha value is -0.660. The molecule has 2 saturated heterocycles. The van der Waals surface area contributed by atoms with Crippen molar-refractivity contribution in [3.8, 4) is 0 Å². The molecule has 0 spiro atoms. The van der Waals surface area contributed by atoms with E-state index in [0.29, 0.717) is 12.5 Å². The minimum absolute atomic E-state index is 0.0304. The van der Waals surface area contributed by atoms with Crippen LogP contribution in [-0.2, 0) is 14.6 Å². The van der Waals surface area contributed by atoms with Crippen molar-refractivity contribution >= 4 is 15.8 Å². The van der Waals surface area contributed by atoms with Gasteiger partial charge in [-0.1, -0.05) is 13.8 Å². The number of aliphatic carboxylic acids is 1. The predicted octanol–water partition coefficient (Wildman–Crippen LogP) is 0.681. The first-order chi connectivity index (χ1) is 10.3. The summed E-state index contributed by atoms with van der Waals surface area (Å²) in [6, 6.07) is 0.0110. The van der Waals surface area contributed by atoms with Crippen molar-refractivity contribution in [1.29, 1.82) is 0 Å². The van der Waals surface area contributed by atoms with Gasteiger partial charge in [-0.15, -0.1) is 0 Å². The third kappa shape index (κ3) is 4.67. The average molecular weight is 332 g/mol. The van der Waals surface area contributed by atoms with Gasteiger partial charge in [0.15, 0.2) is 9.84 Å². The number of hydrogen-bond donors (Lipinski definition) is 1. The quantitative estimate of drug-likeness (QED) is 0.739. The molecule has 0 aliphatic carbocycles. The molecule has 2 rings (SSSR count). The van der Waals surface area contributed by atoms with Crippen LogP contribution in [-0.4, -0.2) is 79.1 Å². The van der Waals surface area contributed by atoms with Gasteiger partial charge in [-0.05, 0) is 25.3 Å². The van der Waals surface area contributed by atoms with Crippen molar-refractivity contribution < 1.29 is 18.3 Å². The van der Waals surface area contributed by atoms with E-state index in [-0.39, 0.29) is 30.0 Å². The molecule has 2 heterocycles. The summed E-state index contributed by atoms with van der Waals surface area (Å²) >= 11 is 0. The Labute approximate surface area is 133 Å². The Morgan fingerprint density at radius 3 is 2.18 bits per heavy atom. The zero-order chi connectivity index (χ0) is 16.3.